The summed E-state index contributed by atoms with van der Waals surface area (Å²) in [5, 5.41) is 15.7. The van der Waals surface area contributed by atoms with Crippen molar-refractivity contribution in [3.05, 3.63) is 23.4 Å². The summed E-state index contributed by atoms with van der Waals surface area (Å²) in [6.07, 6.45) is 4.03. The van der Waals surface area contributed by atoms with Gasteiger partial charge in [-0.1, -0.05) is 0 Å². The van der Waals surface area contributed by atoms with E-state index in [1.54, 1.807) is 12.3 Å². The van der Waals surface area contributed by atoms with E-state index in [-0.39, 0.29) is 0 Å². The number of hydrogen-bond acceptors (Lipinski definition) is 4. The first-order valence-electron chi connectivity index (χ1n) is 5.64. The maximum atomic E-state index is 8.93. The molecule has 2 rings (SSSR count). The minimum atomic E-state index is 0.425. The number of rotatable bonds is 2. The minimum Gasteiger partial charge on any atom is -0.366 e. The van der Waals surface area contributed by atoms with Gasteiger partial charge >= 0.3 is 0 Å². The van der Waals surface area contributed by atoms with E-state index in [0.717, 1.165) is 30.9 Å². The van der Waals surface area contributed by atoms with Crippen molar-refractivity contribution in [3.63, 3.8) is 0 Å². The summed E-state index contributed by atoms with van der Waals surface area (Å²) in [5.41, 5.74) is 1.64. The summed E-state index contributed by atoms with van der Waals surface area (Å²) in [6.45, 7) is 4.00. The number of anilines is 1. The second-order valence-corrected chi connectivity index (χ2v) is 4.13. The van der Waals surface area contributed by atoms with Crippen LogP contribution >= 0.6 is 0 Å². The average Bonchev–Trinajstić information content (AvgIpc) is 2.33. The highest BCUT2D eigenvalue weighted by Gasteiger charge is 2.14. The highest BCUT2D eigenvalue weighted by molar-refractivity contribution is 5.52. The van der Waals surface area contributed by atoms with Gasteiger partial charge in [-0.25, -0.2) is 4.98 Å². The van der Waals surface area contributed by atoms with Gasteiger partial charge in [-0.3, -0.25) is 0 Å². The molecule has 0 saturated carbocycles. The molecule has 1 aromatic heterocycles. The molecular weight excluding hydrogens is 200 g/mol. The van der Waals surface area contributed by atoms with Crippen LogP contribution in [0, 0.1) is 18.3 Å². The van der Waals surface area contributed by atoms with E-state index in [1.807, 2.05) is 6.92 Å². The molecule has 1 aliphatic heterocycles. The molecule has 84 valence electrons. The Kier molecular flexibility index (Phi) is 3.37. The van der Waals surface area contributed by atoms with Crippen LogP contribution in [0.3, 0.4) is 0 Å². The maximum absolute atomic E-state index is 8.93. The van der Waals surface area contributed by atoms with Crippen LogP contribution in [0.1, 0.15) is 24.0 Å². The van der Waals surface area contributed by atoms with Gasteiger partial charge < -0.3 is 10.6 Å². The molecule has 0 unspecified atom stereocenters. The molecular formula is C12H16N4. The van der Waals surface area contributed by atoms with E-state index >= 15 is 0 Å². The molecule has 1 saturated heterocycles. The summed E-state index contributed by atoms with van der Waals surface area (Å²) in [7, 11) is 0. The maximum Gasteiger partial charge on any atom is 0.130 e. The molecule has 1 atom stereocenters. The number of nitriles is 1. The van der Waals surface area contributed by atoms with Crippen LogP contribution in [0.2, 0.25) is 0 Å². The average molecular weight is 216 g/mol. The van der Waals surface area contributed by atoms with Gasteiger partial charge in [0.15, 0.2) is 0 Å². The van der Waals surface area contributed by atoms with Gasteiger partial charge in [0.25, 0.3) is 0 Å². The molecule has 16 heavy (non-hydrogen) atoms. The molecule has 0 radical (unpaired) electrons. The number of pyridine rings is 1. The van der Waals surface area contributed by atoms with Crippen molar-refractivity contribution >= 4 is 5.82 Å². The zero-order valence-electron chi connectivity index (χ0n) is 9.45. The summed E-state index contributed by atoms with van der Waals surface area (Å²) >= 11 is 0. The Hall–Kier alpha value is -1.60. The van der Waals surface area contributed by atoms with Crippen LogP contribution in [0.25, 0.3) is 0 Å². The predicted octanol–water partition coefficient (Wildman–Crippen LogP) is 1.43. The fourth-order valence-electron chi connectivity index (χ4n) is 1.97. The van der Waals surface area contributed by atoms with Gasteiger partial charge in [0.05, 0.1) is 11.6 Å². The van der Waals surface area contributed by atoms with Crippen molar-refractivity contribution in [2.45, 2.75) is 25.8 Å². The van der Waals surface area contributed by atoms with Gasteiger partial charge in [0.2, 0.25) is 0 Å². The van der Waals surface area contributed by atoms with Crippen LogP contribution in [0.15, 0.2) is 12.3 Å². The molecule has 0 bridgehead atoms. The number of piperidine rings is 1. The van der Waals surface area contributed by atoms with Crippen LogP contribution in [0.5, 0.6) is 0 Å². The highest BCUT2D eigenvalue weighted by Crippen LogP contribution is 2.17. The quantitative estimate of drug-likeness (QED) is 0.785. The number of nitrogens with one attached hydrogen (secondary N) is 2. The van der Waals surface area contributed by atoms with Crippen LogP contribution in [-0.4, -0.2) is 24.1 Å². The van der Waals surface area contributed by atoms with Gasteiger partial charge in [0, 0.05) is 24.3 Å². The fourth-order valence-corrected chi connectivity index (χ4v) is 1.97. The number of aromatic nitrogens is 1. The molecule has 0 spiro atoms. The fraction of sp³-hybridized carbons (Fsp3) is 0.500. The monoisotopic (exact) mass is 216 g/mol. The van der Waals surface area contributed by atoms with Gasteiger partial charge in [-0.2, -0.15) is 5.26 Å². The lowest BCUT2D eigenvalue weighted by atomic mass is 10.1. The normalized spacial score (nSPS) is 20.1. The third-order valence-corrected chi connectivity index (χ3v) is 2.96. The lowest BCUT2D eigenvalue weighted by Gasteiger charge is -2.25. The van der Waals surface area contributed by atoms with Gasteiger partial charge in [0.1, 0.15) is 5.82 Å². The lowest BCUT2D eigenvalue weighted by molar-refractivity contribution is 0.479. The Labute approximate surface area is 95.7 Å². The molecule has 2 N–H and O–H groups in total. The largest absolute Gasteiger partial charge is 0.366 e. The zero-order valence-corrected chi connectivity index (χ0v) is 9.45. The smallest absolute Gasteiger partial charge is 0.130 e. The van der Waals surface area contributed by atoms with Crippen molar-refractivity contribution < 1.29 is 0 Å². The summed E-state index contributed by atoms with van der Waals surface area (Å²) in [5.74, 6) is 0.841. The molecule has 1 aliphatic rings. The first-order valence-corrected chi connectivity index (χ1v) is 5.64. The van der Waals surface area contributed by atoms with E-state index in [2.05, 4.69) is 21.7 Å². The summed E-state index contributed by atoms with van der Waals surface area (Å²) in [6, 6.07) is 4.35. The van der Waals surface area contributed by atoms with E-state index < -0.39 is 0 Å². The Balaban J connectivity index is 2.12. The SMILES string of the molecule is Cc1c(C#N)ccnc1N[C@@H]1CCCNC1. The van der Waals surface area contributed by atoms with E-state index in [4.69, 9.17) is 5.26 Å². The van der Waals surface area contributed by atoms with Crippen LogP contribution in [0.4, 0.5) is 5.82 Å². The zero-order chi connectivity index (χ0) is 11.4. The second-order valence-electron chi connectivity index (χ2n) is 4.13. The Morgan fingerprint density at radius 1 is 1.62 bits per heavy atom. The predicted molar refractivity (Wildman–Crippen MR) is 63.2 cm³/mol. The topological polar surface area (TPSA) is 60.7 Å². The van der Waals surface area contributed by atoms with Gasteiger partial charge in [-0.05, 0) is 32.4 Å². The number of nitrogens with zero attached hydrogens (tertiary/aromatic N) is 2. The standard InChI is InChI=1S/C12H16N4/c1-9-10(7-13)4-6-15-12(9)16-11-3-2-5-14-8-11/h4,6,11,14H,2-3,5,8H2,1H3,(H,15,16)/t11-/m1/s1. The van der Waals surface area contributed by atoms with Crippen molar-refractivity contribution in [2.24, 2.45) is 0 Å². The van der Waals surface area contributed by atoms with Crippen LogP contribution < -0.4 is 10.6 Å². The third kappa shape index (κ3) is 2.31. The molecule has 1 fully saturated rings. The third-order valence-electron chi connectivity index (χ3n) is 2.96. The van der Waals surface area contributed by atoms with Gasteiger partial charge in [-0.15, -0.1) is 0 Å². The first-order chi connectivity index (χ1) is 7.81. The molecule has 4 nitrogen and oxygen atoms in total. The lowest BCUT2D eigenvalue weighted by Crippen LogP contribution is -2.38. The van der Waals surface area contributed by atoms with E-state index in [0.29, 0.717) is 11.6 Å². The highest BCUT2D eigenvalue weighted by atomic mass is 15.1. The number of hydrogen-bond donors (Lipinski definition) is 2. The first kappa shape index (κ1) is 10.9. The van der Waals surface area contributed by atoms with E-state index in [9.17, 15) is 0 Å². The molecule has 1 aromatic rings. The van der Waals surface area contributed by atoms with Crippen LogP contribution in [-0.2, 0) is 0 Å². The van der Waals surface area contributed by atoms with Crippen molar-refractivity contribution in [2.75, 3.05) is 18.4 Å². The molecule has 0 aromatic carbocycles. The molecule has 0 amide bonds. The summed E-state index contributed by atoms with van der Waals surface area (Å²) in [4.78, 5) is 4.29. The molecule has 2 heterocycles. The molecule has 4 heteroatoms. The Morgan fingerprint density at radius 2 is 2.50 bits per heavy atom. The second kappa shape index (κ2) is 4.95. The van der Waals surface area contributed by atoms with Crippen molar-refractivity contribution in [1.29, 1.82) is 5.26 Å². The molecule has 0 aliphatic carbocycles. The van der Waals surface area contributed by atoms with Crippen molar-refractivity contribution in [1.82, 2.24) is 10.3 Å². The summed E-state index contributed by atoms with van der Waals surface area (Å²) < 4.78 is 0. The van der Waals surface area contributed by atoms with Crippen molar-refractivity contribution in [3.8, 4) is 6.07 Å². The minimum absolute atomic E-state index is 0.425. The Bertz CT molecular complexity index is 402. The van der Waals surface area contributed by atoms with E-state index in [1.165, 1.54) is 6.42 Å². The Morgan fingerprint density at radius 3 is 3.19 bits per heavy atom.